The first kappa shape index (κ1) is 14.4. The molecule has 0 atom stereocenters. The zero-order valence-corrected chi connectivity index (χ0v) is 11.4. The van der Waals surface area contributed by atoms with Gasteiger partial charge in [-0.15, -0.1) is 0 Å². The highest BCUT2D eigenvalue weighted by molar-refractivity contribution is 9.09. The van der Waals surface area contributed by atoms with Gasteiger partial charge in [0.2, 0.25) is 0 Å². The minimum Gasteiger partial charge on any atom is -0.379 e. The Kier molecular flexibility index (Phi) is 6.47. The molecule has 0 heterocycles. The van der Waals surface area contributed by atoms with Crippen molar-refractivity contribution >= 4 is 33.4 Å². The number of halogens is 3. The summed E-state index contributed by atoms with van der Waals surface area (Å²) in [4.78, 5) is 11.6. The lowest BCUT2D eigenvalue weighted by atomic mass is 10.2. The van der Waals surface area contributed by atoms with Crippen molar-refractivity contribution in [2.45, 2.75) is 0 Å². The molecule has 3 nitrogen and oxygen atoms in total. The maximum atomic E-state index is 13.3. The second-order valence-corrected chi connectivity index (χ2v) is 4.41. The molecule has 0 saturated heterocycles. The molecule has 0 aliphatic heterocycles. The molecule has 0 spiro atoms. The molecule has 1 amide bonds. The Morgan fingerprint density at radius 3 is 2.88 bits per heavy atom. The molecule has 0 unspecified atom stereocenters. The summed E-state index contributed by atoms with van der Waals surface area (Å²) >= 11 is 8.80. The second-order valence-electron chi connectivity index (χ2n) is 3.18. The summed E-state index contributed by atoms with van der Waals surface area (Å²) in [5, 5.41) is 3.56. The van der Waals surface area contributed by atoms with Crippen LogP contribution in [0.3, 0.4) is 0 Å². The zero-order valence-electron chi connectivity index (χ0n) is 9.01. The normalized spacial score (nSPS) is 10.3. The second kappa shape index (κ2) is 7.63. The molecule has 94 valence electrons. The van der Waals surface area contributed by atoms with Gasteiger partial charge >= 0.3 is 0 Å². The summed E-state index contributed by atoms with van der Waals surface area (Å²) < 4.78 is 18.5. The van der Waals surface area contributed by atoms with Gasteiger partial charge in [-0.1, -0.05) is 27.5 Å². The van der Waals surface area contributed by atoms with Gasteiger partial charge in [-0.2, -0.15) is 0 Å². The lowest BCUT2D eigenvalue weighted by Crippen LogP contribution is -2.28. The van der Waals surface area contributed by atoms with Crippen LogP contribution in [0.15, 0.2) is 18.2 Å². The van der Waals surface area contributed by atoms with Gasteiger partial charge in [-0.3, -0.25) is 4.79 Å². The SMILES string of the molecule is O=C(NCCOCCBr)c1ccc(Cl)cc1F. The number of rotatable bonds is 6. The molecule has 0 saturated carbocycles. The first-order valence-corrected chi connectivity index (χ1v) is 6.52. The number of hydrogen-bond acceptors (Lipinski definition) is 2. The Labute approximate surface area is 112 Å². The van der Waals surface area contributed by atoms with Crippen molar-refractivity contribution in [3.8, 4) is 0 Å². The van der Waals surface area contributed by atoms with Crippen molar-refractivity contribution in [3.05, 3.63) is 34.6 Å². The predicted molar refractivity (Wildman–Crippen MR) is 68.4 cm³/mol. The number of nitrogens with one attached hydrogen (secondary N) is 1. The number of alkyl halides is 1. The van der Waals surface area contributed by atoms with Crippen molar-refractivity contribution < 1.29 is 13.9 Å². The highest BCUT2D eigenvalue weighted by Crippen LogP contribution is 2.14. The third-order valence-electron chi connectivity index (χ3n) is 1.93. The average molecular weight is 325 g/mol. The average Bonchev–Trinajstić information content (AvgIpc) is 2.28. The Balaban J connectivity index is 2.42. The summed E-state index contributed by atoms with van der Waals surface area (Å²) in [6, 6.07) is 3.94. The van der Waals surface area contributed by atoms with Crippen molar-refractivity contribution in [2.75, 3.05) is 25.1 Å². The molecule has 0 aliphatic carbocycles. The maximum Gasteiger partial charge on any atom is 0.254 e. The zero-order chi connectivity index (χ0) is 12.7. The highest BCUT2D eigenvalue weighted by atomic mass is 79.9. The number of hydrogen-bond donors (Lipinski definition) is 1. The van der Waals surface area contributed by atoms with E-state index < -0.39 is 11.7 Å². The molecular weight excluding hydrogens is 312 g/mol. The summed E-state index contributed by atoms with van der Waals surface area (Å²) in [7, 11) is 0. The van der Waals surface area contributed by atoms with E-state index in [1.54, 1.807) is 0 Å². The summed E-state index contributed by atoms with van der Waals surface area (Å²) in [5.74, 6) is -1.10. The van der Waals surface area contributed by atoms with E-state index in [4.69, 9.17) is 16.3 Å². The first-order chi connectivity index (χ1) is 8.15. The van der Waals surface area contributed by atoms with Crippen LogP contribution in [0.5, 0.6) is 0 Å². The van der Waals surface area contributed by atoms with Crippen LogP contribution >= 0.6 is 27.5 Å². The Morgan fingerprint density at radius 2 is 2.24 bits per heavy atom. The molecule has 1 aromatic rings. The maximum absolute atomic E-state index is 13.3. The number of ether oxygens (including phenoxy) is 1. The van der Waals surface area contributed by atoms with Crippen LogP contribution in [0.25, 0.3) is 0 Å². The quantitative estimate of drug-likeness (QED) is 0.645. The van der Waals surface area contributed by atoms with Crippen LogP contribution in [0, 0.1) is 5.82 Å². The van der Waals surface area contributed by atoms with Gasteiger partial charge in [0.15, 0.2) is 0 Å². The van der Waals surface area contributed by atoms with Crippen LogP contribution in [-0.4, -0.2) is 31.0 Å². The number of benzene rings is 1. The number of carbonyl (C=O) groups excluding carboxylic acids is 1. The molecule has 6 heteroatoms. The molecule has 0 aliphatic rings. The highest BCUT2D eigenvalue weighted by Gasteiger charge is 2.10. The van der Waals surface area contributed by atoms with E-state index >= 15 is 0 Å². The van der Waals surface area contributed by atoms with Crippen molar-refractivity contribution in [2.24, 2.45) is 0 Å². The first-order valence-electron chi connectivity index (χ1n) is 5.02. The molecule has 17 heavy (non-hydrogen) atoms. The minimum atomic E-state index is -0.628. The van der Waals surface area contributed by atoms with Gasteiger partial charge in [-0.05, 0) is 18.2 Å². The van der Waals surface area contributed by atoms with E-state index in [9.17, 15) is 9.18 Å². The molecule has 1 N–H and O–H groups in total. The smallest absolute Gasteiger partial charge is 0.254 e. The molecule has 0 radical (unpaired) electrons. The molecule has 1 aromatic carbocycles. The van der Waals surface area contributed by atoms with E-state index in [2.05, 4.69) is 21.2 Å². The van der Waals surface area contributed by atoms with E-state index in [0.29, 0.717) is 19.8 Å². The Bertz CT molecular complexity index is 390. The summed E-state index contributed by atoms with van der Waals surface area (Å²) in [6.07, 6.45) is 0. The predicted octanol–water partition coefficient (Wildman–Crippen LogP) is 2.62. The van der Waals surface area contributed by atoms with Gasteiger partial charge in [0.05, 0.1) is 18.8 Å². The molecular formula is C11H12BrClFNO2. The molecule has 0 aromatic heterocycles. The van der Waals surface area contributed by atoms with Crippen LogP contribution in [0.2, 0.25) is 5.02 Å². The summed E-state index contributed by atoms with van der Waals surface area (Å²) in [6.45, 7) is 1.31. The van der Waals surface area contributed by atoms with E-state index in [1.165, 1.54) is 12.1 Å². The van der Waals surface area contributed by atoms with Gasteiger partial charge in [0.1, 0.15) is 5.82 Å². The minimum absolute atomic E-state index is 0.0186. The number of amides is 1. The monoisotopic (exact) mass is 323 g/mol. The topological polar surface area (TPSA) is 38.3 Å². The van der Waals surface area contributed by atoms with Crippen LogP contribution in [0.1, 0.15) is 10.4 Å². The fourth-order valence-electron chi connectivity index (χ4n) is 1.16. The van der Waals surface area contributed by atoms with Gasteiger partial charge < -0.3 is 10.1 Å². The standard InChI is InChI=1S/C11H12BrClFNO2/c12-3-5-17-6-4-15-11(16)9-2-1-8(13)7-10(9)14/h1-2,7H,3-6H2,(H,15,16). The third-order valence-corrected chi connectivity index (χ3v) is 2.49. The van der Waals surface area contributed by atoms with Gasteiger partial charge in [-0.25, -0.2) is 4.39 Å². The lowest BCUT2D eigenvalue weighted by molar-refractivity contribution is 0.0920. The fourth-order valence-corrected chi connectivity index (χ4v) is 1.55. The van der Waals surface area contributed by atoms with E-state index in [-0.39, 0.29) is 10.6 Å². The Morgan fingerprint density at radius 1 is 1.47 bits per heavy atom. The lowest BCUT2D eigenvalue weighted by Gasteiger charge is -2.06. The summed E-state index contributed by atoms with van der Waals surface area (Å²) in [5.41, 5.74) is -0.0186. The van der Waals surface area contributed by atoms with Crippen LogP contribution in [0.4, 0.5) is 4.39 Å². The van der Waals surface area contributed by atoms with Crippen LogP contribution in [-0.2, 0) is 4.74 Å². The third kappa shape index (κ3) is 5.02. The molecule has 0 fully saturated rings. The Hall–Kier alpha value is -0.650. The largest absolute Gasteiger partial charge is 0.379 e. The van der Waals surface area contributed by atoms with Crippen molar-refractivity contribution in [1.82, 2.24) is 5.32 Å². The van der Waals surface area contributed by atoms with Gasteiger partial charge in [0, 0.05) is 16.9 Å². The van der Waals surface area contributed by atoms with Crippen LogP contribution < -0.4 is 5.32 Å². The van der Waals surface area contributed by atoms with E-state index in [0.717, 1.165) is 11.4 Å². The molecule has 0 bridgehead atoms. The molecule has 1 rings (SSSR count). The fraction of sp³-hybridized carbons (Fsp3) is 0.364. The van der Waals surface area contributed by atoms with E-state index in [1.807, 2.05) is 0 Å². The number of carbonyl (C=O) groups is 1. The van der Waals surface area contributed by atoms with Crippen molar-refractivity contribution in [1.29, 1.82) is 0 Å². The van der Waals surface area contributed by atoms with Crippen molar-refractivity contribution in [3.63, 3.8) is 0 Å². The van der Waals surface area contributed by atoms with Gasteiger partial charge in [0.25, 0.3) is 5.91 Å².